The van der Waals surface area contributed by atoms with Gasteiger partial charge in [-0.2, -0.15) is 0 Å². The highest BCUT2D eigenvalue weighted by Gasteiger charge is 2.22. The number of nitrogens with one attached hydrogen (secondary N) is 1. The Morgan fingerprint density at radius 1 is 1.30 bits per heavy atom. The molecular weight excluding hydrogens is 248 g/mol. The van der Waals surface area contributed by atoms with Crippen molar-refractivity contribution in [2.75, 3.05) is 33.3 Å². The summed E-state index contributed by atoms with van der Waals surface area (Å²) in [5.41, 5.74) is 4.08. The molecule has 1 aliphatic rings. The fraction of sp³-hybridized carbons (Fsp3) is 0.647. The third kappa shape index (κ3) is 4.05. The van der Waals surface area contributed by atoms with Crippen molar-refractivity contribution in [1.29, 1.82) is 0 Å². The molecule has 0 saturated carbocycles. The second-order valence-electron chi connectivity index (χ2n) is 5.92. The summed E-state index contributed by atoms with van der Waals surface area (Å²) in [6.45, 7) is 10.6. The third-order valence-corrected chi connectivity index (χ3v) is 4.11. The van der Waals surface area contributed by atoms with Crippen LogP contribution < -0.4 is 5.32 Å². The van der Waals surface area contributed by atoms with E-state index in [2.05, 4.69) is 56.2 Å². The van der Waals surface area contributed by atoms with Crippen LogP contribution in [0.25, 0.3) is 0 Å². The highest BCUT2D eigenvalue weighted by atomic mass is 16.5. The number of rotatable bonds is 5. The van der Waals surface area contributed by atoms with Crippen LogP contribution >= 0.6 is 0 Å². The van der Waals surface area contributed by atoms with Crippen molar-refractivity contribution in [1.82, 2.24) is 10.2 Å². The van der Waals surface area contributed by atoms with Crippen molar-refractivity contribution < 1.29 is 4.74 Å². The molecule has 1 aliphatic heterocycles. The summed E-state index contributed by atoms with van der Waals surface area (Å²) >= 11 is 0. The monoisotopic (exact) mass is 276 g/mol. The maximum Gasteiger partial charge on any atom is 0.0700 e. The lowest BCUT2D eigenvalue weighted by atomic mass is 10.0. The van der Waals surface area contributed by atoms with Crippen LogP contribution in [0.4, 0.5) is 0 Å². The third-order valence-electron chi connectivity index (χ3n) is 4.11. The number of hydrogen-bond donors (Lipinski definition) is 1. The molecule has 0 spiro atoms. The van der Waals surface area contributed by atoms with Crippen LogP contribution in [0, 0.1) is 13.8 Å². The molecule has 0 radical (unpaired) electrons. The maximum absolute atomic E-state index is 5.75. The van der Waals surface area contributed by atoms with E-state index in [4.69, 9.17) is 4.74 Å². The molecule has 1 fully saturated rings. The molecule has 3 nitrogen and oxygen atoms in total. The molecule has 112 valence electrons. The summed E-state index contributed by atoms with van der Waals surface area (Å²) in [7, 11) is 2.06. The summed E-state index contributed by atoms with van der Waals surface area (Å²) in [6.07, 6.45) is 1.50. The maximum atomic E-state index is 5.75. The van der Waals surface area contributed by atoms with E-state index in [1.807, 2.05) is 0 Å². The first-order valence-electron chi connectivity index (χ1n) is 7.71. The zero-order valence-electron chi connectivity index (χ0n) is 13.3. The molecule has 1 aromatic rings. The van der Waals surface area contributed by atoms with Crippen LogP contribution in [0.5, 0.6) is 0 Å². The smallest absolute Gasteiger partial charge is 0.0700 e. The molecule has 1 N–H and O–H groups in total. The van der Waals surface area contributed by atoms with Crippen LogP contribution in [0.1, 0.15) is 36.1 Å². The summed E-state index contributed by atoms with van der Waals surface area (Å²) in [5, 5.41) is 3.47. The molecule has 0 bridgehead atoms. The molecule has 3 heteroatoms. The first-order valence-corrected chi connectivity index (χ1v) is 7.71. The van der Waals surface area contributed by atoms with E-state index in [1.165, 1.54) is 16.7 Å². The van der Waals surface area contributed by atoms with Gasteiger partial charge in [-0.05, 0) is 32.9 Å². The van der Waals surface area contributed by atoms with Gasteiger partial charge in [0.15, 0.2) is 0 Å². The fourth-order valence-corrected chi connectivity index (χ4v) is 3.03. The number of likely N-dealkylation sites (N-methyl/N-ethyl adjacent to an activating group) is 1. The second kappa shape index (κ2) is 7.21. The van der Waals surface area contributed by atoms with Gasteiger partial charge in [0.05, 0.1) is 12.7 Å². The molecule has 2 rings (SSSR count). The van der Waals surface area contributed by atoms with Crippen LogP contribution in [-0.4, -0.2) is 44.3 Å². The van der Waals surface area contributed by atoms with Crippen molar-refractivity contribution >= 4 is 0 Å². The normalized spacial score (nSPS) is 21.9. The minimum Gasteiger partial charge on any atom is -0.376 e. The average Bonchev–Trinajstić information content (AvgIpc) is 2.44. The summed E-state index contributed by atoms with van der Waals surface area (Å²) in [4.78, 5) is 2.52. The quantitative estimate of drug-likeness (QED) is 0.895. The van der Waals surface area contributed by atoms with Crippen molar-refractivity contribution in [2.45, 2.75) is 39.3 Å². The zero-order chi connectivity index (χ0) is 14.5. The summed E-state index contributed by atoms with van der Waals surface area (Å²) in [6, 6.07) is 7.22. The van der Waals surface area contributed by atoms with Gasteiger partial charge in [0.25, 0.3) is 0 Å². The largest absolute Gasteiger partial charge is 0.376 e. The zero-order valence-corrected chi connectivity index (χ0v) is 13.3. The predicted molar refractivity (Wildman–Crippen MR) is 84.2 cm³/mol. The Labute approximate surface area is 123 Å². The van der Waals surface area contributed by atoms with E-state index in [-0.39, 0.29) is 0 Å². The number of benzene rings is 1. The van der Waals surface area contributed by atoms with Crippen molar-refractivity contribution in [2.24, 2.45) is 0 Å². The minimum atomic E-state index is 0.393. The Balaban J connectivity index is 2.04. The standard InChI is InChI=1S/C17H28N2O/c1-5-16-11-19(6-7-20-16)12-17(18-4)15-9-13(2)8-14(3)10-15/h8-10,16-18H,5-7,11-12H2,1-4H3. The molecule has 2 atom stereocenters. The number of aryl methyl sites for hydroxylation is 2. The highest BCUT2D eigenvalue weighted by Crippen LogP contribution is 2.19. The molecule has 0 aromatic heterocycles. The molecule has 1 saturated heterocycles. The van der Waals surface area contributed by atoms with E-state index >= 15 is 0 Å². The Hall–Kier alpha value is -0.900. The lowest BCUT2D eigenvalue weighted by molar-refractivity contribution is -0.0320. The van der Waals surface area contributed by atoms with Gasteiger partial charge in [-0.25, -0.2) is 0 Å². The number of hydrogen-bond acceptors (Lipinski definition) is 3. The van der Waals surface area contributed by atoms with Crippen LogP contribution in [-0.2, 0) is 4.74 Å². The number of ether oxygens (including phenoxy) is 1. The summed E-state index contributed by atoms with van der Waals surface area (Å²) < 4.78 is 5.75. The molecule has 1 aromatic carbocycles. The Morgan fingerprint density at radius 3 is 2.60 bits per heavy atom. The van der Waals surface area contributed by atoms with Gasteiger partial charge in [-0.3, -0.25) is 4.90 Å². The topological polar surface area (TPSA) is 24.5 Å². The van der Waals surface area contributed by atoms with Gasteiger partial charge in [0, 0.05) is 25.7 Å². The lowest BCUT2D eigenvalue weighted by Crippen LogP contribution is -2.45. The molecule has 0 aliphatic carbocycles. The van der Waals surface area contributed by atoms with Gasteiger partial charge < -0.3 is 10.1 Å². The Morgan fingerprint density at radius 2 is 2.00 bits per heavy atom. The molecule has 2 unspecified atom stereocenters. The first kappa shape index (κ1) is 15.5. The molecular formula is C17H28N2O. The average molecular weight is 276 g/mol. The fourth-order valence-electron chi connectivity index (χ4n) is 3.03. The van der Waals surface area contributed by atoms with Crippen molar-refractivity contribution in [3.8, 4) is 0 Å². The van der Waals surface area contributed by atoms with Crippen molar-refractivity contribution in [3.63, 3.8) is 0 Å². The van der Waals surface area contributed by atoms with E-state index in [0.717, 1.165) is 32.7 Å². The van der Waals surface area contributed by atoms with Crippen LogP contribution in [0.15, 0.2) is 18.2 Å². The van der Waals surface area contributed by atoms with Crippen LogP contribution in [0.2, 0.25) is 0 Å². The number of nitrogens with zero attached hydrogens (tertiary/aromatic N) is 1. The van der Waals surface area contributed by atoms with Gasteiger partial charge in [-0.15, -0.1) is 0 Å². The molecule has 0 amide bonds. The van der Waals surface area contributed by atoms with Gasteiger partial charge in [-0.1, -0.05) is 36.2 Å². The van der Waals surface area contributed by atoms with E-state index in [1.54, 1.807) is 0 Å². The SMILES string of the molecule is CCC1CN(CC(NC)c2cc(C)cc(C)c2)CCO1. The lowest BCUT2D eigenvalue weighted by Gasteiger charge is -2.35. The van der Waals surface area contributed by atoms with Crippen LogP contribution in [0.3, 0.4) is 0 Å². The van der Waals surface area contributed by atoms with Crippen molar-refractivity contribution in [3.05, 3.63) is 34.9 Å². The highest BCUT2D eigenvalue weighted by molar-refractivity contribution is 5.30. The second-order valence-corrected chi connectivity index (χ2v) is 5.92. The van der Waals surface area contributed by atoms with E-state index < -0.39 is 0 Å². The predicted octanol–water partition coefficient (Wildman–Crippen LogP) is 2.67. The molecule has 20 heavy (non-hydrogen) atoms. The summed E-state index contributed by atoms with van der Waals surface area (Å²) in [5.74, 6) is 0. The molecule has 1 heterocycles. The minimum absolute atomic E-state index is 0.393. The first-order chi connectivity index (χ1) is 9.62. The van der Waals surface area contributed by atoms with E-state index in [0.29, 0.717) is 12.1 Å². The van der Waals surface area contributed by atoms with E-state index in [9.17, 15) is 0 Å². The van der Waals surface area contributed by atoms with Gasteiger partial charge in [0.1, 0.15) is 0 Å². The van der Waals surface area contributed by atoms with Gasteiger partial charge in [0.2, 0.25) is 0 Å². The Bertz CT molecular complexity index is 413. The number of morpholine rings is 1. The van der Waals surface area contributed by atoms with Gasteiger partial charge >= 0.3 is 0 Å². The Kier molecular flexibility index (Phi) is 5.58.